The number of rotatable bonds is 2. The van der Waals surface area contributed by atoms with Crippen LogP contribution in [0.1, 0.15) is 27.2 Å². The summed E-state index contributed by atoms with van der Waals surface area (Å²) in [5.41, 5.74) is 2.54. The lowest BCUT2D eigenvalue weighted by molar-refractivity contribution is 0.103. The van der Waals surface area contributed by atoms with Gasteiger partial charge in [-0.1, -0.05) is 36.4 Å². The second kappa shape index (κ2) is 4.39. The fourth-order valence-electron chi connectivity index (χ4n) is 2.41. The highest BCUT2D eigenvalue weighted by Gasteiger charge is 2.16. The molecule has 0 fully saturated rings. The van der Waals surface area contributed by atoms with Crippen molar-refractivity contribution in [2.45, 2.75) is 13.8 Å². The van der Waals surface area contributed by atoms with Gasteiger partial charge in [-0.05, 0) is 36.2 Å². The first-order valence-electron chi connectivity index (χ1n) is 6.25. The average molecular weight is 250 g/mol. The van der Waals surface area contributed by atoms with Gasteiger partial charge < -0.3 is 4.42 Å². The molecule has 94 valence electrons. The Hall–Kier alpha value is -2.35. The number of fused-ring (bicyclic) bond motifs is 1. The molecule has 0 radical (unpaired) electrons. The molecule has 2 nitrogen and oxygen atoms in total. The van der Waals surface area contributed by atoms with E-state index in [0.29, 0.717) is 11.3 Å². The Labute approximate surface area is 111 Å². The highest BCUT2D eigenvalue weighted by molar-refractivity contribution is 6.17. The lowest BCUT2D eigenvalue weighted by Crippen LogP contribution is -2.02. The Morgan fingerprint density at radius 1 is 0.895 bits per heavy atom. The summed E-state index contributed by atoms with van der Waals surface area (Å²) in [6.45, 7) is 3.86. The molecule has 0 atom stereocenters. The maximum atomic E-state index is 12.6. The summed E-state index contributed by atoms with van der Waals surface area (Å²) in [5.74, 6) is 0.678. The number of hydrogen-bond donors (Lipinski definition) is 0. The molecule has 0 unspecified atom stereocenters. The first-order valence-corrected chi connectivity index (χ1v) is 6.25. The first kappa shape index (κ1) is 11.7. The van der Waals surface area contributed by atoms with Crippen molar-refractivity contribution in [2.75, 3.05) is 0 Å². The summed E-state index contributed by atoms with van der Waals surface area (Å²) in [5, 5.41) is 2.11. The molecule has 1 heterocycles. The lowest BCUT2D eigenvalue weighted by atomic mass is 9.95. The summed E-state index contributed by atoms with van der Waals surface area (Å²) in [6.07, 6.45) is 1.55. The van der Waals surface area contributed by atoms with Crippen LogP contribution in [0, 0.1) is 13.8 Å². The Morgan fingerprint density at radius 3 is 2.32 bits per heavy atom. The highest BCUT2D eigenvalue weighted by atomic mass is 16.3. The minimum atomic E-state index is 0.0162. The largest absolute Gasteiger partial charge is 0.469 e. The molecule has 3 rings (SSSR count). The molecule has 2 heteroatoms. The van der Waals surface area contributed by atoms with Crippen LogP contribution in [-0.2, 0) is 0 Å². The molecule has 0 amide bonds. The van der Waals surface area contributed by atoms with Gasteiger partial charge in [-0.15, -0.1) is 0 Å². The standard InChI is InChI=1S/C17H14O2/c1-11-7-8-16(15-6-4-3-5-13(11)15)17(18)14-9-10-19-12(14)2/h3-10H,1-2H3. The summed E-state index contributed by atoms with van der Waals surface area (Å²) in [7, 11) is 0. The first-order chi connectivity index (χ1) is 9.18. The molecule has 19 heavy (non-hydrogen) atoms. The van der Waals surface area contributed by atoms with E-state index in [1.165, 1.54) is 5.56 Å². The Morgan fingerprint density at radius 2 is 1.63 bits per heavy atom. The van der Waals surface area contributed by atoms with Gasteiger partial charge in [0.05, 0.1) is 11.8 Å². The molecular formula is C17H14O2. The van der Waals surface area contributed by atoms with Crippen LogP contribution in [0.5, 0.6) is 0 Å². The lowest BCUT2D eigenvalue weighted by Gasteiger charge is -2.07. The molecule has 0 N–H and O–H groups in total. The molecule has 0 aliphatic heterocycles. The molecule has 2 aromatic carbocycles. The molecule has 0 bridgehead atoms. The zero-order chi connectivity index (χ0) is 13.4. The Bertz CT molecular complexity index is 766. The van der Waals surface area contributed by atoms with Crippen molar-refractivity contribution >= 4 is 16.6 Å². The van der Waals surface area contributed by atoms with E-state index < -0.39 is 0 Å². The van der Waals surface area contributed by atoms with Crippen LogP contribution in [0.15, 0.2) is 53.1 Å². The van der Waals surface area contributed by atoms with E-state index >= 15 is 0 Å². The van der Waals surface area contributed by atoms with Crippen LogP contribution < -0.4 is 0 Å². The van der Waals surface area contributed by atoms with E-state index in [0.717, 1.165) is 16.3 Å². The second-order valence-electron chi connectivity index (χ2n) is 4.70. The Kier molecular flexibility index (Phi) is 2.71. The van der Waals surface area contributed by atoms with Crippen LogP contribution in [0.25, 0.3) is 10.8 Å². The van der Waals surface area contributed by atoms with Crippen molar-refractivity contribution in [2.24, 2.45) is 0 Å². The monoisotopic (exact) mass is 250 g/mol. The molecule has 0 aliphatic carbocycles. The van der Waals surface area contributed by atoms with E-state index in [-0.39, 0.29) is 5.78 Å². The zero-order valence-corrected chi connectivity index (χ0v) is 10.9. The smallest absolute Gasteiger partial charge is 0.197 e. The second-order valence-corrected chi connectivity index (χ2v) is 4.70. The molecular weight excluding hydrogens is 236 g/mol. The topological polar surface area (TPSA) is 30.2 Å². The predicted molar refractivity (Wildman–Crippen MR) is 75.6 cm³/mol. The third-order valence-electron chi connectivity index (χ3n) is 3.49. The highest BCUT2D eigenvalue weighted by Crippen LogP contribution is 2.25. The van der Waals surface area contributed by atoms with E-state index in [4.69, 9.17) is 4.42 Å². The van der Waals surface area contributed by atoms with E-state index in [9.17, 15) is 4.79 Å². The number of ketones is 1. The van der Waals surface area contributed by atoms with Gasteiger partial charge in [-0.2, -0.15) is 0 Å². The van der Waals surface area contributed by atoms with Crippen LogP contribution in [0.2, 0.25) is 0 Å². The van der Waals surface area contributed by atoms with Gasteiger partial charge in [0, 0.05) is 5.56 Å². The molecule has 3 aromatic rings. The van der Waals surface area contributed by atoms with Gasteiger partial charge >= 0.3 is 0 Å². The van der Waals surface area contributed by atoms with Gasteiger partial charge in [0.25, 0.3) is 0 Å². The van der Waals surface area contributed by atoms with Crippen LogP contribution >= 0.6 is 0 Å². The Balaban J connectivity index is 2.24. The van der Waals surface area contributed by atoms with Crippen molar-refractivity contribution in [3.05, 3.63) is 71.2 Å². The van der Waals surface area contributed by atoms with Crippen LogP contribution in [-0.4, -0.2) is 5.78 Å². The molecule has 0 saturated carbocycles. The van der Waals surface area contributed by atoms with Crippen molar-refractivity contribution in [3.63, 3.8) is 0 Å². The van der Waals surface area contributed by atoms with Crippen molar-refractivity contribution < 1.29 is 9.21 Å². The van der Waals surface area contributed by atoms with Crippen molar-refractivity contribution in [1.29, 1.82) is 0 Å². The minimum absolute atomic E-state index is 0.0162. The number of hydrogen-bond acceptors (Lipinski definition) is 2. The van der Waals surface area contributed by atoms with Gasteiger partial charge in [0.2, 0.25) is 0 Å². The minimum Gasteiger partial charge on any atom is -0.469 e. The molecule has 0 saturated heterocycles. The number of carbonyl (C=O) groups is 1. The van der Waals surface area contributed by atoms with E-state index in [2.05, 4.69) is 6.92 Å². The van der Waals surface area contributed by atoms with Gasteiger partial charge in [0.15, 0.2) is 5.78 Å². The molecule has 0 spiro atoms. The number of benzene rings is 2. The zero-order valence-electron chi connectivity index (χ0n) is 10.9. The molecule has 1 aromatic heterocycles. The summed E-state index contributed by atoms with van der Waals surface area (Å²) < 4.78 is 5.22. The van der Waals surface area contributed by atoms with E-state index in [1.807, 2.05) is 43.3 Å². The van der Waals surface area contributed by atoms with Gasteiger partial charge in [-0.25, -0.2) is 0 Å². The van der Waals surface area contributed by atoms with Gasteiger partial charge in [-0.3, -0.25) is 4.79 Å². The fourth-order valence-corrected chi connectivity index (χ4v) is 2.41. The SMILES string of the molecule is Cc1occc1C(=O)c1ccc(C)c2ccccc12. The normalized spacial score (nSPS) is 10.8. The average Bonchev–Trinajstić information content (AvgIpc) is 2.85. The maximum Gasteiger partial charge on any atom is 0.197 e. The quantitative estimate of drug-likeness (QED) is 0.635. The van der Waals surface area contributed by atoms with Crippen LogP contribution in [0.4, 0.5) is 0 Å². The van der Waals surface area contributed by atoms with Crippen molar-refractivity contribution in [3.8, 4) is 0 Å². The van der Waals surface area contributed by atoms with E-state index in [1.54, 1.807) is 12.3 Å². The number of aryl methyl sites for hydroxylation is 2. The maximum absolute atomic E-state index is 12.6. The third-order valence-corrected chi connectivity index (χ3v) is 3.49. The van der Waals surface area contributed by atoms with Gasteiger partial charge in [0.1, 0.15) is 5.76 Å². The number of carbonyl (C=O) groups excluding carboxylic acids is 1. The van der Waals surface area contributed by atoms with Crippen LogP contribution in [0.3, 0.4) is 0 Å². The summed E-state index contributed by atoms with van der Waals surface area (Å²) in [4.78, 5) is 12.6. The third kappa shape index (κ3) is 1.85. The number of furan rings is 1. The molecule has 0 aliphatic rings. The fraction of sp³-hybridized carbons (Fsp3) is 0.118. The summed E-state index contributed by atoms with van der Waals surface area (Å²) >= 11 is 0. The van der Waals surface area contributed by atoms with Crippen molar-refractivity contribution in [1.82, 2.24) is 0 Å². The summed E-state index contributed by atoms with van der Waals surface area (Å²) in [6, 6.07) is 13.6. The predicted octanol–water partition coefficient (Wildman–Crippen LogP) is 4.28.